The molecule has 0 bridgehead atoms. The maximum absolute atomic E-state index is 0. The van der Waals surface area contributed by atoms with E-state index >= 15 is 0 Å². The summed E-state index contributed by atoms with van der Waals surface area (Å²) in [7, 11) is 0. The molecule has 0 saturated heterocycles. The van der Waals surface area contributed by atoms with Gasteiger partial charge in [0.15, 0.2) is 0 Å². The summed E-state index contributed by atoms with van der Waals surface area (Å²) in [5.74, 6) is 0. The first-order valence-corrected chi connectivity index (χ1v) is 0. The van der Waals surface area contributed by atoms with Crippen LogP contribution < -0.4 is 0 Å². The van der Waals surface area contributed by atoms with Crippen molar-refractivity contribution in [2.24, 2.45) is 0 Å². The molecule has 0 spiro atoms. The molecule has 0 fully saturated rings. The molecule has 0 heterocycles. The molecule has 0 aliphatic heterocycles. The van der Waals surface area contributed by atoms with Crippen molar-refractivity contribution < 1.29 is 176 Å². The average Bonchev–Trinajstić information content (AvgIpc) is 0. The van der Waals surface area contributed by atoms with Crippen molar-refractivity contribution in [3.05, 3.63) is 0 Å². The summed E-state index contributed by atoms with van der Waals surface area (Å²) >= 11 is 0. The summed E-state index contributed by atoms with van der Waals surface area (Å²) in [6.07, 6.45) is 0. The summed E-state index contributed by atoms with van der Waals surface area (Å²) < 4.78 is 0. The fraction of sp³-hybridized carbons (Fsp3) is 0. The zero-order valence-corrected chi connectivity index (χ0v) is 19.8. The Bertz CT molecular complexity index is 10.3. The Kier molecular flexibility index (Phi) is 3140000000. The van der Waals surface area contributed by atoms with Gasteiger partial charge in [0.05, 0.1) is 0 Å². The van der Waals surface area contributed by atoms with E-state index in [0.29, 0.717) is 0 Å². The van der Waals surface area contributed by atoms with Crippen LogP contribution in [0.25, 0.3) is 0 Å². The molecule has 0 saturated carbocycles. The predicted molar refractivity (Wildman–Crippen MR) is 90.3 cm³/mol. The molecule has 204 valence electrons. The average molecular weight is 581 g/mol. The van der Waals surface area contributed by atoms with E-state index in [9.17, 15) is 0 Å². The van der Waals surface area contributed by atoms with Crippen LogP contribution in [-0.4, -0.2) is 137 Å². The van der Waals surface area contributed by atoms with Gasteiger partial charge in [-0.25, -0.2) is 0 Å². The smallest absolute Gasteiger partial charge is 0 e. The van der Waals surface area contributed by atoms with E-state index in [1.807, 2.05) is 0 Å². The maximum Gasteiger partial charge on any atom is 0 e. The van der Waals surface area contributed by atoms with Crippen LogP contribution in [0.2, 0.25) is 0 Å². The minimum atomic E-state index is 0. The van der Waals surface area contributed by atoms with Crippen LogP contribution in [0, 0.1) is 0 Å². The Labute approximate surface area is 176 Å². The van der Waals surface area contributed by atoms with Gasteiger partial charge in [-0.2, -0.15) is 0 Å². The van der Waals surface area contributed by atoms with Crippen LogP contribution in [0.1, 0.15) is 0 Å². The first kappa shape index (κ1) is 308000. The van der Waals surface area contributed by atoms with Crippen molar-refractivity contribution in [2.45, 2.75) is 0 Å². The molecule has 25 nitrogen and oxygen atoms in total. The van der Waals surface area contributed by atoms with Crippen LogP contribution in [0.5, 0.6) is 0 Å². The van der Waals surface area contributed by atoms with E-state index in [0.717, 1.165) is 0 Å². The van der Waals surface area contributed by atoms with Crippen LogP contribution in [0.4, 0.5) is 0 Å². The molecule has 0 atom stereocenters. The molecule has 0 aromatic rings. The Hall–Kier alpha value is 0.247. The van der Waals surface area contributed by atoms with E-state index in [-0.39, 0.29) is 176 Å². The largest absolute Gasteiger partial charge is 0.412 e. The van der Waals surface area contributed by atoms with E-state index < -0.39 is 0 Å². The van der Waals surface area contributed by atoms with Gasteiger partial charge in [-0.05, 0) is 0 Å². The molecule has 0 rings (SSSR count). The minimum absolute atomic E-state index is 0. The topological polar surface area (TPSA) is 788 Å². The van der Waals surface area contributed by atoms with E-state index in [1.54, 1.807) is 0 Å². The summed E-state index contributed by atoms with van der Waals surface area (Å²) in [6, 6.07) is 0. The van der Waals surface area contributed by atoms with Crippen LogP contribution in [0.3, 0.4) is 0 Å². The summed E-state index contributed by atoms with van der Waals surface area (Å²) in [5, 5.41) is 0. The zero-order valence-electron chi connectivity index (χ0n) is 13.9. The van der Waals surface area contributed by atoms with E-state index in [1.165, 1.54) is 0 Å². The van der Waals surface area contributed by atoms with Gasteiger partial charge >= 0.3 is 0 Å². The molecule has 0 aliphatic carbocycles. The molecule has 50 N–H and O–H groups in total. The third-order valence-electron chi connectivity index (χ3n) is 0. The Balaban J connectivity index is 0. The quantitative estimate of drug-likeness (QED) is 0.241. The third-order valence-corrected chi connectivity index (χ3v) is 0. The number of hydrogen-bond donors (Lipinski definition) is 0. The van der Waals surface area contributed by atoms with Crippen LogP contribution in [-0.2, 0) is 39.0 Å². The summed E-state index contributed by atoms with van der Waals surface area (Å²) in [5.41, 5.74) is 0. The molecule has 0 aromatic carbocycles. The first-order chi connectivity index (χ1) is 0. The molecule has 0 radical (unpaired) electrons. The molecular formula is H50O25Zn2. The van der Waals surface area contributed by atoms with Crippen LogP contribution in [0.15, 0.2) is 0 Å². The summed E-state index contributed by atoms with van der Waals surface area (Å²) in [4.78, 5) is 0. The molecule has 0 unspecified atom stereocenters. The van der Waals surface area contributed by atoms with E-state index in [4.69, 9.17) is 0 Å². The van der Waals surface area contributed by atoms with Gasteiger partial charge in [0, 0.05) is 39.0 Å². The molecule has 0 aromatic heterocycles. The fourth-order valence-electron chi connectivity index (χ4n) is 0. The van der Waals surface area contributed by atoms with Crippen molar-refractivity contribution >= 4 is 0 Å². The fourth-order valence-corrected chi connectivity index (χ4v) is 0. The van der Waals surface area contributed by atoms with Gasteiger partial charge < -0.3 is 137 Å². The first-order valence-electron chi connectivity index (χ1n) is 0. The van der Waals surface area contributed by atoms with Gasteiger partial charge in [0.1, 0.15) is 0 Å². The maximum atomic E-state index is 0. The number of hydrogen-bond acceptors (Lipinski definition) is 0. The van der Waals surface area contributed by atoms with Crippen molar-refractivity contribution in [1.29, 1.82) is 0 Å². The van der Waals surface area contributed by atoms with Gasteiger partial charge in [-0.1, -0.05) is 0 Å². The molecule has 27 heavy (non-hydrogen) atoms. The molecule has 0 aliphatic rings. The summed E-state index contributed by atoms with van der Waals surface area (Å²) in [6.45, 7) is 0. The molecule has 27 heteroatoms. The monoisotopic (exact) mass is 578 g/mol. The van der Waals surface area contributed by atoms with Crippen LogP contribution >= 0.6 is 0 Å². The zero-order chi connectivity index (χ0) is 0. The van der Waals surface area contributed by atoms with Crippen molar-refractivity contribution in [3.63, 3.8) is 0 Å². The van der Waals surface area contributed by atoms with E-state index in [2.05, 4.69) is 0 Å². The second-order valence-electron chi connectivity index (χ2n) is 0. The van der Waals surface area contributed by atoms with Gasteiger partial charge in [0.2, 0.25) is 0 Å². The van der Waals surface area contributed by atoms with Crippen molar-refractivity contribution in [2.75, 3.05) is 0 Å². The Morgan fingerprint density at radius 2 is 0.0741 bits per heavy atom. The minimum Gasteiger partial charge on any atom is -0.412 e. The van der Waals surface area contributed by atoms with Gasteiger partial charge in [0.25, 0.3) is 0 Å². The third kappa shape index (κ3) is 253000. The second-order valence-corrected chi connectivity index (χ2v) is 0. The predicted octanol–water partition coefficient (Wildman–Crippen LogP) is -20.6. The van der Waals surface area contributed by atoms with Gasteiger partial charge in [-0.15, -0.1) is 0 Å². The van der Waals surface area contributed by atoms with Gasteiger partial charge in [-0.3, -0.25) is 0 Å². The number of rotatable bonds is 0. The molecular weight excluding hydrogens is 531 g/mol. The Morgan fingerprint density at radius 3 is 0.0741 bits per heavy atom. The second kappa shape index (κ2) is 275000. The standard InChI is InChI=1S/25H2O.2Zn/h25*1H2;;. The van der Waals surface area contributed by atoms with Crippen molar-refractivity contribution in [3.8, 4) is 0 Å². The SMILES string of the molecule is O.O.O.O.O.O.O.O.O.O.O.O.O.O.O.O.O.O.O.O.O.O.O.O.O.[Zn].[Zn]. The Morgan fingerprint density at radius 1 is 0.0741 bits per heavy atom. The normalized spacial score (nSPS) is 0. The van der Waals surface area contributed by atoms with Crippen molar-refractivity contribution in [1.82, 2.24) is 0 Å². The molecule has 0 amide bonds.